The summed E-state index contributed by atoms with van der Waals surface area (Å²) in [5.74, 6) is 0.876. The summed E-state index contributed by atoms with van der Waals surface area (Å²) in [6.45, 7) is 2.29. The van der Waals surface area contributed by atoms with E-state index in [2.05, 4.69) is 24.0 Å². The Balaban J connectivity index is 1.42. The van der Waals surface area contributed by atoms with Gasteiger partial charge in [0.15, 0.2) is 0 Å². The molecule has 1 unspecified atom stereocenters. The summed E-state index contributed by atoms with van der Waals surface area (Å²) in [7, 11) is 0. The minimum absolute atomic E-state index is 0.852. The zero-order chi connectivity index (χ0) is 16.8. The summed E-state index contributed by atoms with van der Waals surface area (Å²) >= 11 is 6.17. The summed E-state index contributed by atoms with van der Waals surface area (Å²) in [5.41, 5.74) is 4.26. The van der Waals surface area contributed by atoms with Crippen LogP contribution >= 0.6 is 11.6 Å². The fraction of sp³-hybridized carbons (Fsp3) is 0.636. The zero-order valence-corrected chi connectivity index (χ0v) is 15.9. The van der Waals surface area contributed by atoms with Crippen LogP contribution in [0.3, 0.4) is 0 Å². The molecule has 2 aromatic rings. The van der Waals surface area contributed by atoms with Crippen molar-refractivity contribution in [2.75, 3.05) is 0 Å². The van der Waals surface area contributed by atoms with E-state index in [9.17, 15) is 0 Å². The van der Waals surface area contributed by atoms with Crippen LogP contribution in [0.4, 0.5) is 0 Å². The quantitative estimate of drug-likeness (QED) is 0.454. The van der Waals surface area contributed by atoms with Crippen LogP contribution in [0.1, 0.15) is 82.4 Å². The Hall–Kier alpha value is -0.950. The van der Waals surface area contributed by atoms with Gasteiger partial charge in [-0.05, 0) is 48.9 Å². The van der Waals surface area contributed by atoms with Crippen molar-refractivity contribution in [1.29, 1.82) is 0 Å². The molecule has 0 amide bonds. The summed E-state index contributed by atoms with van der Waals surface area (Å²) in [4.78, 5) is 3.64. The average molecular weight is 346 g/mol. The first-order valence-electron chi connectivity index (χ1n) is 10.1. The molecule has 1 nitrogen and oxygen atoms in total. The van der Waals surface area contributed by atoms with Gasteiger partial charge in [-0.1, -0.05) is 76.3 Å². The first-order valence-corrected chi connectivity index (χ1v) is 10.4. The molecule has 0 saturated carbocycles. The molecule has 1 aromatic carbocycles. The number of aromatic nitrogens is 1. The fourth-order valence-corrected chi connectivity index (χ4v) is 4.46. The van der Waals surface area contributed by atoms with Crippen LogP contribution in [-0.2, 0) is 12.8 Å². The minimum Gasteiger partial charge on any atom is -0.358 e. The molecule has 1 heterocycles. The van der Waals surface area contributed by atoms with Crippen molar-refractivity contribution in [2.24, 2.45) is 5.92 Å². The maximum absolute atomic E-state index is 6.17. The lowest BCUT2D eigenvalue weighted by atomic mass is 9.84. The highest BCUT2D eigenvalue weighted by atomic mass is 35.5. The van der Waals surface area contributed by atoms with Crippen molar-refractivity contribution in [3.05, 3.63) is 34.5 Å². The van der Waals surface area contributed by atoms with Gasteiger partial charge in [0.2, 0.25) is 0 Å². The molecule has 0 bridgehead atoms. The molecule has 132 valence electrons. The van der Waals surface area contributed by atoms with Crippen LogP contribution in [0, 0.1) is 5.92 Å². The summed E-state index contributed by atoms with van der Waals surface area (Å²) in [6.07, 6.45) is 16.6. The van der Waals surface area contributed by atoms with Crippen LogP contribution in [0.5, 0.6) is 0 Å². The van der Waals surface area contributed by atoms with Gasteiger partial charge in [0.25, 0.3) is 0 Å². The van der Waals surface area contributed by atoms with E-state index in [4.69, 9.17) is 11.6 Å². The number of rotatable bonds is 9. The normalized spacial score (nSPS) is 17.3. The average Bonchev–Trinajstić information content (AvgIpc) is 2.94. The van der Waals surface area contributed by atoms with E-state index in [0.29, 0.717) is 0 Å². The predicted molar refractivity (Wildman–Crippen MR) is 106 cm³/mol. The van der Waals surface area contributed by atoms with Gasteiger partial charge in [-0.3, -0.25) is 0 Å². The Kier molecular flexibility index (Phi) is 6.66. The molecule has 0 aliphatic heterocycles. The number of nitrogens with one attached hydrogen (secondary N) is 1. The third kappa shape index (κ3) is 4.57. The Bertz CT molecular complexity index is 643. The van der Waals surface area contributed by atoms with E-state index in [0.717, 1.165) is 10.9 Å². The van der Waals surface area contributed by atoms with Crippen LogP contribution < -0.4 is 0 Å². The third-order valence-corrected chi connectivity index (χ3v) is 5.95. The monoisotopic (exact) mass is 345 g/mol. The highest BCUT2D eigenvalue weighted by Crippen LogP contribution is 2.34. The number of halogens is 1. The molecule has 2 heteroatoms. The van der Waals surface area contributed by atoms with E-state index in [-0.39, 0.29) is 0 Å². The van der Waals surface area contributed by atoms with Crippen LogP contribution in [0.2, 0.25) is 5.02 Å². The van der Waals surface area contributed by atoms with E-state index < -0.39 is 0 Å². The molecule has 1 aliphatic rings. The molecular weight excluding hydrogens is 314 g/mol. The third-order valence-electron chi connectivity index (χ3n) is 5.72. The van der Waals surface area contributed by atoms with Gasteiger partial charge < -0.3 is 4.98 Å². The maximum atomic E-state index is 6.17. The first kappa shape index (κ1) is 17.9. The number of aryl methyl sites for hydroxylation is 1. The molecule has 24 heavy (non-hydrogen) atoms. The second-order valence-electron chi connectivity index (χ2n) is 7.64. The van der Waals surface area contributed by atoms with Crippen molar-refractivity contribution in [1.82, 2.24) is 4.98 Å². The maximum Gasteiger partial charge on any atom is 0.0460 e. The number of hydrogen-bond donors (Lipinski definition) is 1. The lowest BCUT2D eigenvalue weighted by Crippen LogP contribution is -2.13. The highest BCUT2D eigenvalue weighted by molar-refractivity contribution is 6.31. The lowest BCUT2D eigenvalue weighted by molar-refractivity contribution is 0.401. The van der Waals surface area contributed by atoms with Gasteiger partial charge in [-0.2, -0.15) is 0 Å². The topological polar surface area (TPSA) is 15.8 Å². The van der Waals surface area contributed by atoms with Crippen LogP contribution in [0.15, 0.2) is 18.2 Å². The molecule has 1 N–H and O–H groups in total. The van der Waals surface area contributed by atoms with E-state index in [1.165, 1.54) is 99.2 Å². The van der Waals surface area contributed by atoms with Crippen molar-refractivity contribution >= 4 is 22.5 Å². The SMILES string of the molecule is CCCCCCCCCCC1CCc2c([nH]c3ccc(Cl)cc23)C1. The second kappa shape index (κ2) is 8.94. The molecule has 0 fully saturated rings. The van der Waals surface area contributed by atoms with Gasteiger partial charge in [0.05, 0.1) is 0 Å². The largest absolute Gasteiger partial charge is 0.358 e. The molecule has 1 aliphatic carbocycles. The molecule has 1 atom stereocenters. The number of unbranched alkanes of at least 4 members (excludes halogenated alkanes) is 7. The smallest absolute Gasteiger partial charge is 0.0460 e. The van der Waals surface area contributed by atoms with Crippen LogP contribution in [0.25, 0.3) is 10.9 Å². The molecule has 0 saturated heterocycles. The van der Waals surface area contributed by atoms with Gasteiger partial charge in [0.1, 0.15) is 0 Å². The first-order chi connectivity index (χ1) is 11.8. The highest BCUT2D eigenvalue weighted by Gasteiger charge is 2.22. The predicted octanol–water partition coefficient (Wildman–Crippen LogP) is 7.46. The van der Waals surface area contributed by atoms with Crippen LogP contribution in [-0.4, -0.2) is 4.98 Å². The number of aromatic amines is 1. The zero-order valence-electron chi connectivity index (χ0n) is 15.2. The molecule has 0 spiro atoms. The number of fused-ring (bicyclic) bond motifs is 3. The standard InChI is InChI=1S/C22H32ClN/c1-2-3-4-5-6-7-8-9-10-17-11-13-19-20-16-18(23)12-14-21(20)24-22(19)15-17/h12,14,16-17,24H,2-11,13,15H2,1H3. The Labute approximate surface area is 152 Å². The molecule has 3 rings (SSSR count). The molecular formula is C22H32ClN. The Morgan fingerprint density at radius 2 is 1.79 bits per heavy atom. The van der Waals surface area contributed by atoms with E-state index in [1.54, 1.807) is 0 Å². The summed E-state index contributed by atoms with van der Waals surface area (Å²) in [6, 6.07) is 6.25. The number of benzene rings is 1. The van der Waals surface area contributed by atoms with Gasteiger partial charge in [0, 0.05) is 21.6 Å². The lowest BCUT2D eigenvalue weighted by Gasteiger charge is -2.22. The molecule has 1 aromatic heterocycles. The Morgan fingerprint density at radius 1 is 1.04 bits per heavy atom. The Morgan fingerprint density at radius 3 is 2.58 bits per heavy atom. The summed E-state index contributed by atoms with van der Waals surface area (Å²) < 4.78 is 0. The van der Waals surface area contributed by atoms with Crippen molar-refractivity contribution in [3.8, 4) is 0 Å². The van der Waals surface area contributed by atoms with E-state index in [1.807, 2.05) is 6.07 Å². The second-order valence-corrected chi connectivity index (χ2v) is 8.08. The van der Waals surface area contributed by atoms with Gasteiger partial charge >= 0.3 is 0 Å². The van der Waals surface area contributed by atoms with Gasteiger partial charge in [-0.15, -0.1) is 0 Å². The number of hydrogen-bond acceptors (Lipinski definition) is 0. The number of H-pyrrole nitrogens is 1. The summed E-state index contributed by atoms with van der Waals surface area (Å²) in [5, 5.41) is 2.20. The minimum atomic E-state index is 0.852. The van der Waals surface area contributed by atoms with Crippen molar-refractivity contribution in [2.45, 2.75) is 84.0 Å². The molecule has 0 radical (unpaired) electrons. The van der Waals surface area contributed by atoms with Crippen molar-refractivity contribution < 1.29 is 0 Å². The van der Waals surface area contributed by atoms with Crippen molar-refractivity contribution in [3.63, 3.8) is 0 Å². The van der Waals surface area contributed by atoms with E-state index >= 15 is 0 Å². The van der Waals surface area contributed by atoms with Gasteiger partial charge in [-0.25, -0.2) is 0 Å². The fourth-order valence-electron chi connectivity index (χ4n) is 4.29.